The van der Waals surface area contributed by atoms with Gasteiger partial charge < -0.3 is 15.4 Å². The van der Waals surface area contributed by atoms with E-state index in [2.05, 4.69) is 29.1 Å². The smallest absolute Gasteiger partial charge is 0.354 e. The summed E-state index contributed by atoms with van der Waals surface area (Å²) in [6.45, 7) is 4.85. The van der Waals surface area contributed by atoms with Crippen molar-refractivity contribution in [2.45, 2.75) is 20.3 Å². The van der Waals surface area contributed by atoms with Crippen molar-refractivity contribution in [1.29, 1.82) is 0 Å². The molecule has 1 atom stereocenters. The van der Waals surface area contributed by atoms with Crippen molar-refractivity contribution >= 4 is 11.9 Å². The molecular weight excluding hydrogens is 222 g/mol. The Kier molecular flexibility index (Phi) is 2.65. The Morgan fingerprint density at radius 1 is 1.65 bits per heavy atom. The molecule has 3 N–H and O–H groups in total. The Morgan fingerprint density at radius 2 is 2.29 bits per heavy atom. The molecule has 0 bridgehead atoms. The van der Waals surface area contributed by atoms with Crippen LogP contribution in [-0.4, -0.2) is 33.5 Å². The zero-order chi connectivity index (χ0) is 12.6. The Hall–Kier alpha value is -1.85. The number of hydrogen-bond acceptors (Lipinski definition) is 3. The fraction of sp³-hybridized carbons (Fsp3) is 0.545. The summed E-state index contributed by atoms with van der Waals surface area (Å²) in [6, 6.07) is 0. The van der Waals surface area contributed by atoms with Crippen LogP contribution in [0, 0.1) is 11.3 Å². The Morgan fingerprint density at radius 3 is 2.82 bits per heavy atom. The van der Waals surface area contributed by atoms with E-state index in [1.165, 1.54) is 6.33 Å². The molecule has 0 radical (unpaired) electrons. The van der Waals surface area contributed by atoms with Crippen molar-refractivity contribution in [3.05, 3.63) is 17.7 Å². The Bertz CT molecular complexity index is 464. The normalized spacial score (nSPS) is 20.9. The van der Waals surface area contributed by atoms with Gasteiger partial charge in [-0.2, -0.15) is 0 Å². The van der Waals surface area contributed by atoms with E-state index in [4.69, 9.17) is 5.11 Å². The molecule has 1 aromatic heterocycles. The monoisotopic (exact) mass is 237 g/mol. The van der Waals surface area contributed by atoms with E-state index >= 15 is 0 Å². The first-order chi connectivity index (χ1) is 7.92. The fourth-order valence-corrected chi connectivity index (χ4v) is 1.85. The number of nitrogens with one attached hydrogen (secondary N) is 2. The van der Waals surface area contributed by atoms with E-state index in [9.17, 15) is 9.59 Å². The van der Waals surface area contributed by atoms with Crippen LogP contribution in [-0.2, 0) is 0 Å². The summed E-state index contributed by atoms with van der Waals surface area (Å²) < 4.78 is 0. The van der Waals surface area contributed by atoms with Gasteiger partial charge in [0.2, 0.25) is 0 Å². The topological polar surface area (TPSA) is 95.1 Å². The van der Waals surface area contributed by atoms with Gasteiger partial charge in [0, 0.05) is 6.54 Å². The standard InChI is InChI=1S/C11H15N3O3/c1-11(2)3-6(11)4-12-9(15)7-8(10(16)17)14-5-13-7/h5-6H,3-4H2,1-2H3,(H,12,15)(H,13,14)(H,16,17). The van der Waals surface area contributed by atoms with Crippen LogP contribution < -0.4 is 5.32 Å². The average molecular weight is 237 g/mol. The number of carboxylic acid groups (broad SMARTS) is 1. The molecule has 1 unspecified atom stereocenters. The maximum absolute atomic E-state index is 11.7. The van der Waals surface area contributed by atoms with Gasteiger partial charge in [-0.1, -0.05) is 13.8 Å². The van der Waals surface area contributed by atoms with E-state index < -0.39 is 11.9 Å². The number of aromatic amines is 1. The van der Waals surface area contributed by atoms with Crippen LogP contribution in [0.1, 0.15) is 41.2 Å². The zero-order valence-corrected chi connectivity index (χ0v) is 9.78. The lowest BCUT2D eigenvalue weighted by atomic mass is 10.1. The molecule has 0 saturated heterocycles. The molecule has 17 heavy (non-hydrogen) atoms. The molecule has 0 spiro atoms. The van der Waals surface area contributed by atoms with Crippen molar-refractivity contribution in [3.8, 4) is 0 Å². The highest BCUT2D eigenvalue weighted by Gasteiger charge is 2.45. The molecular formula is C11H15N3O3. The van der Waals surface area contributed by atoms with Crippen LogP contribution in [0.2, 0.25) is 0 Å². The van der Waals surface area contributed by atoms with Gasteiger partial charge in [-0.25, -0.2) is 9.78 Å². The molecule has 1 heterocycles. The Balaban J connectivity index is 1.96. The highest BCUT2D eigenvalue weighted by molar-refractivity contribution is 6.02. The second-order valence-electron chi connectivity index (χ2n) is 5.03. The summed E-state index contributed by atoms with van der Waals surface area (Å²) in [6.07, 6.45) is 2.29. The number of aromatic carboxylic acids is 1. The van der Waals surface area contributed by atoms with Crippen LogP contribution in [0.25, 0.3) is 0 Å². The van der Waals surface area contributed by atoms with Gasteiger partial charge in [0.1, 0.15) is 0 Å². The van der Waals surface area contributed by atoms with Crippen LogP contribution >= 0.6 is 0 Å². The van der Waals surface area contributed by atoms with E-state index in [0.717, 1.165) is 6.42 Å². The number of carbonyl (C=O) groups excluding carboxylic acids is 1. The summed E-state index contributed by atoms with van der Waals surface area (Å²) in [5.41, 5.74) is 0.0580. The van der Waals surface area contributed by atoms with E-state index in [1.807, 2.05) is 0 Å². The van der Waals surface area contributed by atoms with Gasteiger partial charge in [-0.15, -0.1) is 0 Å². The molecule has 0 aromatic carbocycles. The number of H-pyrrole nitrogens is 1. The minimum Gasteiger partial charge on any atom is -0.477 e. The number of carboxylic acids is 1. The second-order valence-corrected chi connectivity index (χ2v) is 5.03. The molecule has 1 saturated carbocycles. The lowest BCUT2D eigenvalue weighted by Crippen LogP contribution is -2.28. The molecule has 0 aliphatic heterocycles. The van der Waals surface area contributed by atoms with Crippen molar-refractivity contribution in [2.75, 3.05) is 6.54 Å². The minimum atomic E-state index is -1.18. The number of nitrogens with zero attached hydrogens (tertiary/aromatic N) is 1. The maximum atomic E-state index is 11.7. The highest BCUT2D eigenvalue weighted by Crippen LogP contribution is 2.50. The number of carbonyl (C=O) groups is 2. The van der Waals surface area contributed by atoms with Gasteiger partial charge in [-0.05, 0) is 17.8 Å². The van der Waals surface area contributed by atoms with E-state index in [-0.39, 0.29) is 16.8 Å². The van der Waals surface area contributed by atoms with Crippen molar-refractivity contribution in [2.24, 2.45) is 11.3 Å². The van der Waals surface area contributed by atoms with Crippen LogP contribution in [0.5, 0.6) is 0 Å². The molecule has 1 aliphatic rings. The molecule has 1 fully saturated rings. The summed E-state index contributed by atoms with van der Waals surface area (Å²) in [7, 11) is 0. The molecule has 1 aromatic rings. The van der Waals surface area contributed by atoms with Gasteiger partial charge in [0.15, 0.2) is 11.4 Å². The molecule has 2 rings (SSSR count). The van der Waals surface area contributed by atoms with Crippen LogP contribution in [0.3, 0.4) is 0 Å². The second kappa shape index (κ2) is 3.87. The maximum Gasteiger partial charge on any atom is 0.354 e. The van der Waals surface area contributed by atoms with Crippen molar-refractivity contribution in [1.82, 2.24) is 15.3 Å². The quantitative estimate of drug-likeness (QED) is 0.724. The first kappa shape index (κ1) is 11.6. The molecule has 6 nitrogen and oxygen atoms in total. The fourth-order valence-electron chi connectivity index (χ4n) is 1.85. The minimum absolute atomic E-state index is 0.0593. The van der Waals surface area contributed by atoms with Crippen molar-refractivity contribution < 1.29 is 14.7 Å². The third kappa shape index (κ3) is 2.30. The van der Waals surface area contributed by atoms with Crippen LogP contribution in [0.15, 0.2) is 6.33 Å². The lowest BCUT2D eigenvalue weighted by Gasteiger charge is -2.05. The molecule has 1 amide bonds. The summed E-state index contributed by atoms with van der Waals surface area (Å²) in [5, 5.41) is 11.5. The van der Waals surface area contributed by atoms with Gasteiger partial charge >= 0.3 is 5.97 Å². The van der Waals surface area contributed by atoms with E-state index in [1.54, 1.807) is 0 Å². The first-order valence-corrected chi connectivity index (χ1v) is 5.46. The van der Waals surface area contributed by atoms with Gasteiger partial charge in [-0.3, -0.25) is 4.79 Å². The number of imidazole rings is 1. The summed E-state index contributed by atoms with van der Waals surface area (Å²) >= 11 is 0. The highest BCUT2D eigenvalue weighted by atomic mass is 16.4. The summed E-state index contributed by atoms with van der Waals surface area (Å²) in [5.74, 6) is -1.15. The predicted octanol–water partition coefficient (Wildman–Crippen LogP) is 0.884. The number of aromatic nitrogens is 2. The SMILES string of the molecule is CC1(C)CC1CNC(=O)c1nc[nH]c1C(=O)O. The largest absolute Gasteiger partial charge is 0.477 e. The zero-order valence-electron chi connectivity index (χ0n) is 9.78. The predicted molar refractivity (Wildman–Crippen MR) is 59.8 cm³/mol. The summed E-state index contributed by atoms with van der Waals surface area (Å²) in [4.78, 5) is 28.7. The number of rotatable bonds is 4. The first-order valence-electron chi connectivity index (χ1n) is 5.46. The molecule has 1 aliphatic carbocycles. The van der Waals surface area contributed by atoms with Crippen LogP contribution in [0.4, 0.5) is 0 Å². The molecule has 6 heteroatoms. The number of hydrogen-bond donors (Lipinski definition) is 3. The Labute approximate surface area is 98.4 Å². The van der Waals surface area contributed by atoms with E-state index in [0.29, 0.717) is 12.5 Å². The lowest BCUT2D eigenvalue weighted by molar-refractivity contribution is 0.0685. The van der Waals surface area contributed by atoms with Crippen molar-refractivity contribution in [3.63, 3.8) is 0 Å². The number of amides is 1. The average Bonchev–Trinajstić information content (AvgIpc) is 2.67. The van der Waals surface area contributed by atoms with Gasteiger partial charge in [0.25, 0.3) is 5.91 Å². The third-order valence-corrected chi connectivity index (χ3v) is 3.29. The van der Waals surface area contributed by atoms with Gasteiger partial charge in [0.05, 0.1) is 6.33 Å². The molecule has 92 valence electrons. The third-order valence-electron chi connectivity index (χ3n) is 3.29.